The summed E-state index contributed by atoms with van der Waals surface area (Å²) in [7, 11) is 2.01. The average Bonchev–Trinajstić information content (AvgIpc) is 2.78. The van der Waals surface area contributed by atoms with Gasteiger partial charge in [-0.25, -0.2) is 0 Å². The lowest BCUT2D eigenvalue weighted by molar-refractivity contribution is 0.213. The van der Waals surface area contributed by atoms with Gasteiger partial charge in [-0.3, -0.25) is 4.90 Å². The molecule has 1 unspecified atom stereocenters. The van der Waals surface area contributed by atoms with Crippen molar-refractivity contribution < 1.29 is 4.52 Å². The first kappa shape index (κ1) is 13.5. The highest BCUT2D eigenvalue weighted by atomic mass is 35.5. The SMILES string of the molecule is CNCC1CCCN1Cc1cc(C)no1.Cl. The second-order valence-corrected chi connectivity index (χ2v) is 4.26. The van der Waals surface area contributed by atoms with Crippen molar-refractivity contribution in [3.8, 4) is 0 Å². The van der Waals surface area contributed by atoms with E-state index >= 15 is 0 Å². The Morgan fingerprint density at radius 3 is 3.06 bits per heavy atom. The number of aromatic nitrogens is 1. The molecule has 2 heterocycles. The van der Waals surface area contributed by atoms with Crippen LogP contribution in [0.4, 0.5) is 0 Å². The molecule has 0 saturated carbocycles. The van der Waals surface area contributed by atoms with Crippen LogP contribution in [0.3, 0.4) is 0 Å². The van der Waals surface area contributed by atoms with Crippen LogP contribution in [0.5, 0.6) is 0 Å². The summed E-state index contributed by atoms with van der Waals surface area (Å²) in [4.78, 5) is 2.47. The van der Waals surface area contributed by atoms with Crippen molar-refractivity contribution in [2.45, 2.75) is 32.4 Å². The summed E-state index contributed by atoms with van der Waals surface area (Å²) in [5.41, 5.74) is 0.967. The molecule has 0 aromatic carbocycles. The summed E-state index contributed by atoms with van der Waals surface area (Å²) in [5.74, 6) is 0.982. The number of nitrogens with one attached hydrogen (secondary N) is 1. The molecule has 1 atom stereocenters. The molecule has 5 heteroatoms. The van der Waals surface area contributed by atoms with Crippen LogP contribution >= 0.6 is 12.4 Å². The molecule has 1 aromatic rings. The van der Waals surface area contributed by atoms with Crippen molar-refractivity contribution in [3.63, 3.8) is 0 Å². The van der Waals surface area contributed by atoms with E-state index < -0.39 is 0 Å². The van der Waals surface area contributed by atoms with E-state index in [1.54, 1.807) is 0 Å². The molecule has 2 rings (SSSR count). The van der Waals surface area contributed by atoms with Gasteiger partial charge in [-0.15, -0.1) is 12.4 Å². The predicted molar refractivity (Wildman–Crippen MR) is 65.8 cm³/mol. The predicted octanol–water partition coefficient (Wildman–Crippen LogP) is 1.59. The largest absolute Gasteiger partial charge is 0.360 e. The van der Waals surface area contributed by atoms with Crippen LogP contribution in [0.15, 0.2) is 10.6 Å². The number of likely N-dealkylation sites (N-methyl/N-ethyl adjacent to an activating group) is 1. The van der Waals surface area contributed by atoms with Crippen molar-refractivity contribution in [2.24, 2.45) is 0 Å². The molecule has 0 radical (unpaired) electrons. The molecular weight excluding hydrogens is 226 g/mol. The third-order valence-corrected chi connectivity index (χ3v) is 2.97. The minimum Gasteiger partial charge on any atom is -0.360 e. The standard InChI is InChI=1S/C11H19N3O.ClH/c1-9-6-11(15-13-9)8-14-5-3-4-10(14)7-12-2;/h6,10,12H,3-5,7-8H2,1-2H3;1H. The summed E-state index contributed by atoms with van der Waals surface area (Å²) in [5, 5.41) is 7.16. The van der Waals surface area contributed by atoms with E-state index in [0.717, 1.165) is 24.5 Å². The Balaban J connectivity index is 0.00000128. The third-order valence-electron chi connectivity index (χ3n) is 2.97. The van der Waals surface area contributed by atoms with E-state index in [4.69, 9.17) is 4.52 Å². The molecule has 92 valence electrons. The minimum absolute atomic E-state index is 0. The fourth-order valence-corrected chi connectivity index (χ4v) is 2.26. The molecule has 0 aliphatic carbocycles. The molecule has 0 bridgehead atoms. The fourth-order valence-electron chi connectivity index (χ4n) is 2.26. The van der Waals surface area contributed by atoms with Gasteiger partial charge >= 0.3 is 0 Å². The normalized spacial score (nSPS) is 21.0. The maximum atomic E-state index is 5.24. The van der Waals surface area contributed by atoms with Gasteiger partial charge in [-0.1, -0.05) is 5.16 Å². The number of aryl methyl sites for hydroxylation is 1. The number of halogens is 1. The highest BCUT2D eigenvalue weighted by Gasteiger charge is 2.24. The molecule has 16 heavy (non-hydrogen) atoms. The van der Waals surface area contributed by atoms with Gasteiger partial charge in [0.2, 0.25) is 0 Å². The van der Waals surface area contributed by atoms with Gasteiger partial charge in [-0.05, 0) is 33.4 Å². The first-order chi connectivity index (χ1) is 7.29. The van der Waals surface area contributed by atoms with Gasteiger partial charge in [0.05, 0.1) is 12.2 Å². The van der Waals surface area contributed by atoms with Gasteiger partial charge in [0.1, 0.15) is 0 Å². The van der Waals surface area contributed by atoms with Crippen LogP contribution in [0.2, 0.25) is 0 Å². The summed E-state index contributed by atoms with van der Waals surface area (Å²) < 4.78 is 5.24. The first-order valence-electron chi connectivity index (χ1n) is 5.60. The second kappa shape index (κ2) is 6.23. The fraction of sp³-hybridized carbons (Fsp3) is 0.727. The topological polar surface area (TPSA) is 41.3 Å². The number of hydrogen-bond acceptors (Lipinski definition) is 4. The van der Waals surface area contributed by atoms with Crippen LogP contribution in [-0.2, 0) is 6.54 Å². The van der Waals surface area contributed by atoms with Crippen LogP contribution in [0.25, 0.3) is 0 Å². The molecule has 1 aliphatic heterocycles. The van der Waals surface area contributed by atoms with Crippen LogP contribution in [-0.4, -0.2) is 36.2 Å². The van der Waals surface area contributed by atoms with Gasteiger partial charge in [0.15, 0.2) is 5.76 Å². The van der Waals surface area contributed by atoms with Gasteiger partial charge in [-0.2, -0.15) is 0 Å². The first-order valence-corrected chi connectivity index (χ1v) is 5.60. The summed E-state index contributed by atoms with van der Waals surface area (Å²) in [6.07, 6.45) is 2.58. The number of nitrogens with zero attached hydrogens (tertiary/aromatic N) is 2. The van der Waals surface area contributed by atoms with Crippen LogP contribution in [0.1, 0.15) is 24.3 Å². The molecule has 1 saturated heterocycles. The zero-order valence-corrected chi connectivity index (χ0v) is 10.7. The summed E-state index contributed by atoms with van der Waals surface area (Å²) in [6, 6.07) is 2.68. The van der Waals surface area contributed by atoms with E-state index in [2.05, 4.69) is 15.4 Å². The van der Waals surface area contributed by atoms with Crippen molar-refractivity contribution in [1.82, 2.24) is 15.4 Å². The Bertz CT molecular complexity index is 316. The van der Waals surface area contributed by atoms with E-state index in [-0.39, 0.29) is 12.4 Å². The lowest BCUT2D eigenvalue weighted by Crippen LogP contribution is -2.36. The maximum absolute atomic E-state index is 5.24. The third kappa shape index (κ3) is 3.20. The zero-order chi connectivity index (χ0) is 10.7. The molecule has 0 spiro atoms. The zero-order valence-electron chi connectivity index (χ0n) is 9.90. The van der Waals surface area contributed by atoms with Gasteiger partial charge < -0.3 is 9.84 Å². The van der Waals surface area contributed by atoms with Crippen LogP contribution < -0.4 is 5.32 Å². The Morgan fingerprint density at radius 2 is 2.44 bits per heavy atom. The maximum Gasteiger partial charge on any atom is 0.150 e. The van der Waals surface area contributed by atoms with E-state index in [0.29, 0.717) is 6.04 Å². The quantitative estimate of drug-likeness (QED) is 0.875. The number of rotatable bonds is 4. The average molecular weight is 246 g/mol. The van der Waals surface area contributed by atoms with Gasteiger partial charge in [0, 0.05) is 18.7 Å². The molecule has 4 nitrogen and oxygen atoms in total. The van der Waals surface area contributed by atoms with E-state index in [1.807, 2.05) is 20.0 Å². The Labute approximate surface area is 103 Å². The van der Waals surface area contributed by atoms with Crippen molar-refractivity contribution in [2.75, 3.05) is 20.1 Å². The summed E-state index contributed by atoms with van der Waals surface area (Å²) in [6.45, 7) is 5.09. The molecule has 1 N–H and O–H groups in total. The van der Waals surface area contributed by atoms with Crippen molar-refractivity contribution in [1.29, 1.82) is 0 Å². The molecule has 0 amide bonds. The van der Waals surface area contributed by atoms with Crippen molar-refractivity contribution in [3.05, 3.63) is 17.5 Å². The highest BCUT2D eigenvalue weighted by Crippen LogP contribution is 2.19. The highest BCUT2D eigenvalue weighted by molar-refractivity contribution is 5.85. The Morgan fingerprint density at radius 1 is 1.62 bits per heavy atom. The number of hydrogen-bond donors (Lipinski definition) is 1. The molecule has 1 aliphatic rings. The smallest absolute Gasteiger partial charge is 0.150 e. The second-order valence-electron chi connectivity index (χ2n) is 4.26. The minimum atomic E-state index is 0. The lowest BCUT2D eigenvalue weighted by Gasteiger charge is -2.22. The molecule has 1 aromatic heterocycles. The molecule has 1 fully saturated rings. The van der Waals surface area contributed by atoms with E-state index in [9.17, 15) is 0 Å². The summed E-state index contributed by atoms with van der Waals surface area (Å²) >= 11 is 0. The number of likely N-dealkylation sites (tertiary alicyclic amines) is 1. The van der Waals surface area contributed by atoms with Crippen LogP contribution in [0, 0.1) is 6.92 Å². The lowest BCUT2D eigenvalue weighted by atomic mass is 10.2. The van der Waals surface area contributed by atoms with E-state index in [1.165, 1.54) is 19.4 Å². The Hall–Kier alpha value is -0.580. The monoisotopic (exact) mass is 245 g/mol. The van der Waals surface area contributed by atoms with Crippen molar-refractivity contribution >= 4 is 12.4 Å². The Kier molecular flexibility index (Phi) is 5.25. The molecular formula is C11H20ClN3O. The van der Waals surface area contributed by atoms with Gasteiger partial charge in [0.25, 0.3) is 0 Å².